The minimum absolute atomic E-state index is 0.256. The lowest BCUT2D eigenvalue weighted by molar-refractivity contribution is 0.694. The Morgan fingerprint density at radius 2 is 1.54 bits per heavy atom. The molecule has 1 rings (SSSR count). The highest BCUT2D eigenvalue weighted by Gasteiger charge is 2.14. The first kappa shape index (κ1) is 11.2. The van der Waals surface area contributed by atoms with Gasteiger partial charge in [-0.3, -0.25) is 0 Å². The van der Waals surface area contributed by atoms with Crippen LogP contribution in [0.5, 0.6) is 0 Å². The highest BCUT2D eigenvalue weighted by molar-refractivity contribution is 6.34. The second-order valence-corrected chi connectivity index (χ2v) is 5.57. The molecule has 0 fully saturated rings. The van der Waals surface area contributed by atoms with Gasteiger partial charge in [0.2, 0.25) is 0 Å². The van der Waals surface area contributed by atoms with Crippen LogP contribution in [0.3, 0.4) is 0 Å². The molecule has 0 saturated carbocycles. The van der Waals surface area contributed by atoms with Crippen molar-refractivity contribution in [2.75, 3.05) is 0 Å². The smallest absolute Gasteiger partial charge is 0.0430 e. The maximum Gasteiger partial charge on any atom is 0.0430 e. The minimum atomic E-state index is -0.256. The van der Waals surface area contributed by atoms with Gasteiger partial charge in [-0.1, -0.05) is 23.2 Å². The first-order chi connectivity index (χ1) is 5.87. The molecule has 0 radical (unpaired) electrons. The van der Waals surface area contributed by atoms with Crippen molar-refractivity contribution in [1.82, 2.24) is 0 Å². The molecule has 0 aromatic heterocycles. The van der Waals surface area contributed by atoms with Gasteiger partial charge in [0.25, 0.3) is 0 Å². The molecular formula is C10H11Cl3. The Kier molecular flexibility index (Phi) is 3.50. The minimum Gasteiger partial charge on any atom is -0.120 e. The Bertz CT molecular complexity index is 279. The first-order valence-electron chi connectivity index (χ1n) is 4.01. The molecule has 72 valence electrons. The van der Waals surface area contributed by atoms with Crippen LogP contribution in [0.2, 0.25) is 10.0 Å². The number of alkyl halides is 1. The Morgan fingerprint density at radius 3 is 1.92 bits per heavy atom. The van der Waals surface area contributed by atoms with Crippen molar-refractivity contribution in [3.63, 3.8) is 0 Å². The molecule has 3 heteroatoms. The molecule has 0 atom stereocenters. The van der Waals surface area contributed by atoms with Crippen LogP contribution in [-0.2, 0) is 6.42 Å². The predicted molar refractivity (Wildman–Crippen MR) is 60.1 cm³/mol. The van der Waals surface area contributed by atoms with Crippen LogP contribution in [0.4, 0.5) is 0 Å². The van der Waals surface area contributed by atoms with Crippen molar-refractivity contribution in [3.8, 4) is 0 Å². The molecule has 0 heterocycles. The van der Waals surface area contributed by atoms with Gasteiger partial charge in [-0.25, -0.2) is 0 Å². The lowest BCUT2D eigenvalue weighted by atomic mass is 10.0. The number of hydrogen-bond donors (Lipinski definition) is 0. The van der Waals surface area contributed by atoms with Gasteiger partial charge >= 0.3 is 0 Å². The van der Waals surface area contributed by atoms with Gasteiger partial charge in [0.15, 0.2) is 0 Å². The van der Waals surface area contributed by atoms with Crippen molar-refractivity contribution in [1.29, 1.82) is 0 Å². The number of benzene rings is 1. The van der Waals surface area contributed by atoms with Crippen LogP contribution in [-0.4, -0.2) is 4.87 Å². The Hall–Kier alpha value is 0.0900. The molecule has 1 aromatic rings. The maximum atomic E-state index is 6.09. The molecule has 1 aromatic carbocycles. The third-order valence-corrected chi connectivity index (χ3v) is 2.12. The van der Waals surface area contributed by atoms with E-state index in [4.69, 9.17) is 34.8 Å². The molecule has 0 saturated heterocycles. The number of rotatable bonds is 2. The maximum absolute atomic E-state index is 6.09. The van der Waals surface area contributed by atoms with Gasteiger partial charge in [-0.2, -0.15) is 0 Å². The van der Waals surface area contributed by atoms with E-state index >= 15 is 0 Å². The van der Waals surface area contributed by atoms with Gasteiger partial charge in [0.1, 0.15) is 0 Å². The summed E-state index contributed by atoms with van der Waals surface area (Å²) in [6.07, 6.45) is 0.759. The van der Waals surface area contributed by atoms with E-state index in [1.165, 1.54) is 0 Å². The monoisotopic (exact) mass is 236 g/mol. The van der Waals surface area contributed by atoms with E-state index in [-0.39, 0.29) is 4.87 Å². The van der Waals surface area contributed by atoms with E-state index in [9.17, 15) is 0 Å². The van der Waals surface area contributed by atoms with Gasteiger partial charge in [-0.05, 0) is 44.0 Å². The van der Waals surface area contributed by atoms with Crippen molar-refractivity contribution in [2.24, 2.45) is 0 Å². The van der Waals surface area contributed by atoms with Crippen LogP contribution in [0, 0.1) is 0 Å². The zero-order valence-corrected chi connectivity index (χ0v) is 9.84. The van der Waals surface area contributed by atoms with E-state index in [1.54, 1.807) is 6.07 Å². The fraction of sp³-hybridized carbons (Fsp3) is 0.400. The van der Waals surface area contributed by atoms with E-state index in [2.05, 4.69) is 0 Å². The molecule has 0 bridgehead atoms. The third kappa shape index (κ3) is 4.21. The Morgan fingerprint density at radius 1 is 1.08 bits per heavy atom. The predicted octanol–water partition coefficient (Wildman–Crippen LogP) is 4.55. The zero-order chi connectivity index (χ0) is 10.1. The van der Waals surface area contributed by atoms with Crippen LogP contribution in [0.15, 0.2) is 18.2 Å². The summed E-state index contributed by atoms with van der Waals surface area (Å²) in [7, 11) is 0. The van der Waals surface area contributed by atoms with E-state index < -0.39 is 0 Å². The normalized spacial score (nSPS) is 11.8. The molecule has 0 unspecified atom stereocenters. The van der Waals surface area contributed by atoms with Crippen LogP contribution in [0.1, 0.15) is 19.4 Å². The topological polar surface area (TPSA) is 0 Å². The Labute approximate surface area is 93.8 Å². The summed E-state index contributed by atoms with van der Waals surface area (Å²) in [6, 6.07) is 5.49. The molecule has 0 aliphatic carbocycles. The second-order valence-electron chi connectivity index (χ2n) is 3.67. The number of halogens is 3. The standard InChI is InChI=1S/C10H11Cl3/c1-10(2,13)6-7-3-8(11)5-9(12)4-7/h3-5H,6H2,1-2H3. The zero-order valence-electron chi connectivity index (χ0n) is 7.57. The van der Waals surface area contributed by atoms with Gasteiger partial charge in [0, 0.05) is 14.9 Å². The molecule has 0 nitrogen and oxygen atoms in total. The highest BCUT2D eigenvalue weighted by atomic mass is 35.5. The van der Waals surface area contributed by atoms with Crippen LogP contribution >= 0.6 is 34.8 Å². The summed E-state index contributed by atoms with van der Waals surface area (Å²) in [6.45, 7) is 3.92. The Balaban J connectivity index is 2.90. The summed E-state index contributed by atoms with van der Waals surface area (Å²) in [5.74, 6) is 0. The lowest BCUT2D eigenvalue weighted by Gasteiger charge is -2.15. The van der Waals surface area contributed by atoms with Crippen LogP contribution < -0.4 is 0 Å². The summed E-state index contributed by atoms with van der Waals surface area (Å²) >= 11 is 17.8. The first-order valence-corrected chi connectivity index (χ1v) is 5.14. The lowest BCUT2D eigenvalue weighted by Crippen LogP contribution is -2.13. The van der Waals surface area contributed by atoms with Crippen LogP contribution in [0.25, 0.3) is 0 Å². The SMILES string of the molecule is CC(C)(Cl)Cc1cc(Cl)cc(Cl)c1. The quantitative estimate of drug-likeness (QED) is 0.662. The van der Waals surface area contributed by atoms with Crippen molar-refractivity contribution in [3.05, 3.63) is 33.8 Å². The fourth-order valence-corrected chi connectivity index (χ4v) is 1.92. The molecule has 0 amide bonds. The largest absolute Gasteiger partial charge is 0.120 e. The molecule has 0 aliphatic rings. The van der Waals surface area contributed by atoms with E-state index in [0.717, 1.165) is 12.0 Å². The molecule has 0 N–H and O–H groups in total. The van der Waals surface area contributed by atoms with Gasteiger partial charge < -0.3 is 0 Å². The summed E-state index contributed by atoms with van der Waals surface area (Å²) in [5.41, 5.74) is 1.07. The molecule has 0 spiro atoms. The average molecular weight is 238 g/mol. The third-order valence-electron chi connectivity index (χ3n) is 1.55. The van der Waals surface area contributed by atoms with E-state index in [0.29, 0.717) is 10.0 Å². The summed E-state index contributed by atoms with van der Waals surface area (Å²) < 4.78 is 0. The van der Waals surface area contributed by atoms with Gasteiger partial charge in [-0.15, -0.1) is 11.6 Å². The fourth-order valence-electron chi connectivity index (χ4n) is 1.20. The van der Waals surface area contributed by atoms with Crippen molar-refractivity contribution >= 4 is 34.8 Å². The van der Waals surface area contributed by atoms with Gasteiger partial charge in [0.05, 0.1) is 0 Å². The molecule has 13 heavy (non-hydrogen) atoms. The average Bonchev–Trinajstić information content (AvgIpc) is 1.78. The molecule has 0 aliphatic heterocycles. The number of hydrogen-bond acceptors (Lipinski definition) is 0. The molecular weight excluding hydrogens is 226 g/mol. The summed E-state index contributed by atoms with van der Waals surface area (Å²) in [4.78, 5) is -0.256. The van der Waals surface area contributed by atoms with Crippen molar-refractivity contribution < 1.29 is 0 Å². The summed E-state index contributed by atoms with van der Waals surface area (Å²) in [5, 5.41) is 1.31. The second kappa shape index (κ2) is 4.08. The van der Waals surface area contributed by atoms with E-state index in [1.807, 2.05) is 26.0 Å². The van der Waals surface area contributed by atoms with Crippen molar-refractivity contribution in [2.45, 2.75) is 25.1 Å². The highest BCUT2D eigenvalue weighted by Crippen LogP contribution is 2.24.